The standard InChI is InChI=1S/C24H30FIO5S/c1-4-19(29)31-23(20(30)32-13-26)10-8-16-17-6-5-14-11-15(27)7-9-21(14,2)24(17,25)18(28)12-22(16,23)3/h7,9,11,16-18,28H,4-6,8,10,12-13H2,1-3H3/t16-,17-,18-,21-,22-,23-,24-/m0/s1. The zero-order chi connectivity index (χ0) is 23.5. The predicted molar refractivity (Wildman–Crippen MR) is 129 cm³/mol. The molecule has 0 aromatic carbocycles. The third-order valence-electron chi connectivity index (χ3n) is 8.85. The molecule has 0 aromatic rings. The summed E-state index contributed by atoms with van der Waals surface area (Å²) in [7, 11) is 0. The Kier molecular flexibility index (Phi) is 6.24. The summed E-state index contributed by atoms with van der Waals surface area (Å²) >= 11 is 3.22. The summed E-state index contributed by atoms with van der Waals surface area (Å²) in [5, 5.41) is 11.2. The number of thioether (sulfide) groups is 1. The van der Waals surface area contributed by atoms with E-state index in [9.17, 15) is 19.5 Å². The van der Waals surface area contributed by atoms with Gasteiger partial charge in [0.15, 0.2) is 17.1 Å². The van der Waals surface area contributed by atoms with Crippen molar-refractivity contribution in [2.75, 3.05) is 3.76 Å². The van der Waals surface area contributed by atoms with Crippen molar-refractivity contribution in [2.45, 2.75) is 76.7 Å². The van der Waals surface area contributed by atoms with E-state index in [0.717, 1.165) is 17.3 Å². The van der Waals surface area contributed by atoms with Gasteiger partial charge in [-0.15, -0.1) is 0 Å². The fourth-order valence-electron chi connectivity index (χ4n) is 7.18. The lowest BCUT2D eigenvalue weighted by molar-refractivity contribution is -0.222. The van der Waals surface area contributed by atoms with Crippen LogP contribution in [-0.2, 0) is 19.1 Å². The van der Waals surface area contributed by atoms with E-state index in [4.69, 9.17) is 4.74 Å². The van der Waals surface area contributed by atoms with Crippen molar-refractivity contribution in [3.8, 4) is 0 Å². The second kappa shape index (κ2) is 8.18. The van der Waals surface area contributed by atoms with Crippen molar-refractivity contribution < 1.29 is 28.6 Å². The smallest absolute Gasteiger partial charge is 0.306 e. The first-order valence-electron chi connectivity index (χ1n) is 11.3. The molecule has 32 heavy (non-hydrogen) atoms. The molecule has 8 heteroatoms. The number of esters is 1. The van der Waals surface area contributed by atoms with Gasteiger partial charge in [-0.2, -0.15) is 0 Å². The number of allylic oxidation sites excluding steroid dienone is 4. The van der Waals surface area contributed by atoms with Gasteiger partial charge in [0.2, 0.25) is 5.12 Å². The number of rotatable bonds is 4. The quantitative estimate of drug-likeness (QED) is 0.297. The zero-order valence-electron chi connectivity index (χ0n) is 18.7. The summed E-state index contributed by atoms with van der Waals surface area (Å²) in [6.45, 7) is 5.36. The van der Waals surface area contributed by atoms with Crippen molar-refractivity contribution >= 4 is 51.2 Å². The molecule has 4 rings (SSSR count). The third kappa shape index (κ3) is 3.07. The number of aliphatic hydroxyl groups is 1. The fraction of sp³-hybridized carbons (Fsp3) is 0.708. The van der Waals surface area contributed by atoms with Crippen LogP contribution in [0.2, 0.25) is 0 Å². The van der Waals surface area contributed by atoms with Crippen LogP contribution in [0, 0.1) is 22.7 Å². The molecule has 3 saturated carbocycles. The highest BCUT2D eigenvalue weighted by Crippen LogP contribution is 2.70. The Balaban J connectivity index is 1.80. The van der Waals surface area contributed by atoms with Gasteiger partial charge in [0.1, 0.15) is 0 Å². The van der Waals surface area contributed by atoms with E-state index >= 15 is 4.39 Å². The molecule has 176 valence electrons. The highest BCUT2D eigenvalue weighted by Gasteiger charge is 2.75. The molecule has 0 heterocycles. The van der Waals surface area contributed by atoms with Gasteiger partial charge in [0, 0.05) is 23.2 Å². The second-order valence-electron chi connectivity index (χ2n) is 10.00. The number of ketones is 1. The molecule has 0 aromatic heterocycles. The first-order valence-corrected chi connectivity index (χ1v) is 13.8. The summed E-state index contributed by atoms with van der Waals surface area (Å²) in [5.74, 6) is -1.32. The Bertz CT molecular complexity index is 920. The molecule has 7 atom stereocenters. The summed E-state index contributed by atoms with van der Waals surface area (Å²) in [6.07, 6.45) is 5.32. The van der Waals surface area contributed by atoms with Gasteiger partial charge >= 0.3 is 5.97 Å². The van der Waals surface area contributed by atoms with Gasteiger partial charge in [-0.3, -0.25) is 14.4 Å². The minimum atomic E-state index is -1.96. The first-order chi connectivity index (χ1) is 15.0. The lowest BCUT2D eigenvalue weighted by Gasteiger charge is -2.62. The third-order valence-corrected chi connectivity index (χ3v) is 10.5. The number of ether oxygens (including phenoxy) is 1. The average molecular weight is 576 g/mol. The molecule has 0 amide bonds. The number of hydrogen-bond donors (Lipinski definition) is 1. The fourth-order valence-corrected chi connectivity index (χ4v) is 8.73. The summed E-state index contributed by atoms with van der Waals surface area (Å²) in [6, 6.07) is 0. The van der Waals surface area contributed by atoms with E-state index in [1.54, 1.807) is 19.9 Å². The number of alkyl halides is 2. The zero-order valence-corrected chi connectivity index (χ0v) is 21.6. The van der Waals surface area contributed by atoms with Gasteiger partial charge in [-0.05, 0) is 57.1 Å². The van der Waals surface area contributed by atoms with E-state index in [0.29, 0.717) is 29.4 Å². The van der Waals surface area contributed by atoms with Crippen LogP contribution < -0.4 is 0 Å². The van der Waals surface area contributed by atoms with Crippen molar-refractivity contribution in [1.82, 2.24) is 0 Å². The first kappa shape index (κ1) is 24.4. The highest BCUT2D eigenvalue weighted by atomic mass is 127. The van der Waals surface area contributed by atoms with E-state index in [1.807, 2.05) is 6.92 Å². The van der Waals surface area contributed by atoms with Crippen LogP contribution >= 0.6 is 34.4 Å². The van der Waals surface area contributed by atoms with Crippen LogP contribution in [0.1, 0.15) is 59.3 Å². The SMILES string of the molecule is CCC(=O)O[C@]1(C(=O)SCI)CC[C@H]2[C@@H]3CCC4=CC(=O)C=C[C@]4(C)[C@@]3(F)[C@@H](O)C[C@@]21C. The molecule has 4 aliphatic carbocycles. The van der Waals surface area contributed by atoms with Gasteiger partial charge in [0.25, 0.3) is 0 Å². The molecule has 0 radical (unpaired) electrons. The molecule has 0 aliphatic heterocycles. The number of carbonyl (C=O) groups is 3. The van der Waals surface area contributed by atoms with Crippen LogP contribution in [0.3, 0.4) is 0 Å². The van der Waals surface area contributed by atoms with Crippen molar-refractivity contribution in [1.29, 1.82) is 0 Å². The monoisotopic (exact) mass is 576 g/mol. The topological polar surface area (TPSA) is 80.7 Å². The van der Waals surface area contributed by atoms with Crippen LogP contribution in [-0.4, -0.2) is 43.1 Å². The van der Waals surface area contributed by atoms with Crippen LogP contribution in [0.5, 0.6) is 0 Å². The maximum Gasteiger partial charge on any atom is 0.306 e. The van der Waals surface area contributed by atoms with E-state index < -0.39 is 40.1 Å². The van der Waals surface area contributed by atoms with Crippen LogP contribution in [0.25, 0.3) is 0 Å². The number of aliphatic hydroxyl groups excluding tert-OH is 1. The molecule has 0 bridgehead atoms. The number of halogens is 2. The normalized spacial score (nSPS) is 44.9. The van der Waals surface area contributed by atoms with Crippen molar-refractivity contribution in [2.24, 2.45) is 22.7 Å². The van der Waals surface area contributed by atoms with Gasteiger partial charge in [0.05, 0.1) is 9.86 Å². The Hall–Kier alpha value is -0.740. The molecular weight excluding hydrogens is 546 g/mol. The van der Waals surface area contributed by atoms with Gasteiger partial charge in [-0.25, -0.2) is 4.39 Å². The van der Waals surface area contributed by atoms with Crippen LogP contribution in [0.4, 0.5) is 4.39 Å². The molecule has 0 unspecified atom stereocenters. The summed E-state index contributed by atoms with van der Waals surface area (Å²) < 4.78 is 23.6. The largest absolute Gasteiger partial charge is 0.449 e. The maximum atomic E-state index is 17.1. The number of fused-ring (bicyclic) bond motifs is 5. The van der Waals surface area contributed by atoms with Gasteiger partial charge < -0.3 is 9.84 Å². The molecule has 0 spiro atoms. The molecule has 3 fully saturated rings. The van der Waals surface area contributed by atoms with Gasteiger partial charge in [-0.1, -0.05) is 59.8 Å². The number of hydrogen-bond acceptors (Lipinski definition) is 6. The Labute approximate surface area is 206 Å². The van der Waals surface area contributed by atoms with E-state index in [2.05, 4.69) is 22.6 Å². The Morgan fingerprint density at radius 3 is 2.69 bits per heavy atom. The lowest BCUT2D eigenvalue weighted by Crippen LogP contribution is -2.69. The molecule has 4 aliphatic rings. The second-order valence-corrected chi connectivity index (χ2v) is 12.7. The molecule has 5 nitrogen and oxygen atoms in total. The minimum Gasteiger partial charge on any atom is -0.449 e. The minimum absolute atomic E-state index is 0.0276. The van der Waals surface area contributed by atoms with Crippen LogP contribution in [0.15, 0.2) is 23.8 Å². The summed E-state index contributed by atoms with van der Waals surface area (Å²) in [5.41, 5.74) is -4.53. The highest BCUT2D eigenvalue weighted by molar-refractivity contribution is 14.1. The van der Waals surface area contributed by atoms with E-state index in [1.165, 1.54) is 12.2 Å². The van der Waals surface area contributed by atoms with Crippen molar-refractivity contribution in [3.05, 3.63) is 23.8 Å². The van der Waals surface area contributed by atoms with E-state index in [-0.39, 0.29) is 29.7 Å². The Morgan fingerprint density at radius 2 is 2.03 bits per heavy atom. The van der Waals surface area contributed by atoms with Crippen molar-refractivity contribution in [3.63, 3.8) is 0 Å². The maximum absolute atomic E-state index is 17.1. The Morgan fingerprint density at radius 1 is 1.31 bits per heavy atom. The molecular formula is C24H30FIO5S. The predicted octanol–water partition coefficient (Wildman–Crippen LogP) is 4.70. The molecule has 0 saturated heterocycles. The lowest BCUT2D eigenvalue weighted by atomic mass is 9.45. The average Bonchev–Trinajstić information content (AvgIpc) is 3.02. The number of carbonyl (C=O) groups excluding carboxylic acids is 3. The molecule has 1 N–H and O–H groups in total. The summed E-state index contributed by atoms with van der Waals surface area (Å²) in [4.78, 5) is 37.8.